The Bertz CT molecular complexity index is 905. The van der Waals surface area contributed by atoms with Crippen LogP contribution in [0.3, 0.4) is 0 Å². The van der Waals surface area contributed by atoms with Crippen LogP contribution in [0.25, 0.3) is 0 Å². The average Bonchev–Trinajstić information content (AvgIpc) is 2.81. The van der Waals surface area contributed by atoms with Crippen LogP contribution in [0.5, 0.6) is 0 Å². The lowest BCUT2D eigenvalue weighted by Gasteiger charge is -2.27. The summed E-state index contributed by atoms with van der Waals surface area (Å²) in [5.41, 5.74) is 1.86. The zero-order chi connectivity index (χ0) is 21.4. The smallest absolute Gasteiger partial charge is 0.253 e. The molecule has 0 spiro atoms. The fourth-order valence-electron chi connectivity index (χ4n) is 3.38. The van der Waals surface area contributed by atoms with E-state index in [1.807, 2.05) is 54.3 Å². The Hall–Kier alpha value is -2.26. The summed E-state index contributed by atoms with van der Waals surface area (Å²) in [6.07, 6.45) is 0. The standard InChI is InChI=1S/C11H16N2O2S.C11H14N2O/c1-10-2-4-11(5-3-10)16(14,15)13-8-6-12-7-9-13;14-11(10-4-2-1-3-5-10)13-8-6-12-7-9-13/h2-5,12H,6-9H2,1H3;1-5,12H,6-9H2. The Balaban J connectivity index is 0.000000172. The molecular formula is C22H30N4O3S. The van der Waals surface area contributed by atoms with Crippen LogP contribution in [0.4, 0.5) is 0 Å². The van der Waals surface area contributed by atoms with Crippen LogP contribution in [0, 0.1) is 6.92 Å². The van der Waals surface area contributed by atoms with Crippen LogP contribution in [0.2, 0.25) is 0 Å². The van der Waals surface area contributed by atoms with Gasteiger partial charge in [-0.25, -0.2) is 8.42 Å². The summed E-state index contributed by atoms with van der Waals surface area (Å²) in [5, 5.41) is 6.37. The van der Waals surface area contributed by atoms with Crippen molar-refractivity contribution in [2.24, 2.45) is 0 Å². The molecule has 7 nitrogen and oxygen atoms in total. The summed E-state index contributed by atoms with van der Waals surface area (Å²) in [4.78, 5) is 14.2. The van der Waals surface area contributed by atoms with E-state index in [-0.39, 0.29) is 5.91 Å². The number of rotatable bonds is 3. The highest BCUT2D eigenvalue weighted by Crippen LogP contribution is 2.16. The van der Waals surface area contributed by atoms with Gasteiger partial charge in [-0.3, -0.25) is 4.79 Å². The van der Waals surface area contributed by atoms with Gasteiger partial charge in [0.2, 0.25) is 10.0 Å². The van der Waals surface area contributed by atoms with Gasteiger partial charge < -0.3 is 15.5 Å². The van der Waals surface area contributed by atoms with Gasteiger partial charge in [0.25, 0.3) is 5.91 Å². The van der Waals surface area contributed by atoms with Gasteiger partial charge in [-0.05, 0) is 31.2 Å². The normalized spacial score (nSPS) is 17.7. The quantitative estimate of drug-likeness (QED) is 0.768. The van der Waals surface area contributed by atoms with Crippen molar-refractivity contribution in [2.45, 2.75) is 11.8 Å². The monoisotopic (exact) mass is 430 g/mol. The summed E-state index contributed by atoms with van der Waals surface area (Å²) < 4.78 is 25.9. The Labute approximate surface area is 179 Å². The predicted octanol–water partition coefficient (Wildman–Crippen LogP) is 1.32. The molecule has 4 rings (SSSR count). The minimum absolute atomic E-state index is 0.145. The van der Waals surface area contributed by atoms with Gasteiger partial charge >= 0.3 is 0 Å². The molecule has 0 aromatic heterocycles. The average molecular weight is 431 g/mol. The Kier molecular flexibility index (Phi) is 7.98. The van der Waals surface area contributed by atoms with E-state index in [0.29, 0.717) is 18.0 Å². The van der Waals surface area contributed by atoms with Crippen molar-refractivity contribution in [3.63, 3.8) is 0 Å². The fourth-order valence-corrected chi connectivity index (χ4v) is 4.82. The third-order valence-electron chi connectivity index (χ3n) is 5.16. The number of carbonyl (C=O) groups is 1. The minimum atomic E-state index is -3.29. The Morgan fingerprint density at radius 2 is 1.33 bits per heavy atom. The Morgan fingerprint density at radius 1 is 0.800 bits per heavy atom. The van der Waals surface area contributed by atoms with E-state index in [1.165, 1.54) is 4.31 Å². The van der Waals surface area contributed by atoms with E-state index in [4.69, 9.17) is 0 Å². The van der Waals surface area contributed by atoms with E-state index in [1.54, 1.807) is 12.1 Å². The molecule has 2 N–H and O–H groups in total. The van der Waals surface area contributed by atoms with Crippen LogP contribution in [0.1, 0.15) is 15.9 Å². The highest BCUT2D eigenvalue weighted by atomic mass is 32.2. The third-order valence-corrected chi connectivity index (χ3v) is 7.07. The van der Waals surface area contributed by atoms with Crippen molar-refractivity contribution >= 4 is 15.9 Å². The summed E-state index contributed by atoms with van der Waals surface area (Å²) in [5.74, 6) is 0.145. The molecule has 2 aliphatic rings. The molecule has 0 radical (unpaired) electrons. The molecule has 0 atom stereocenters. The first-order chi connectivity index (χ1) is 14.5. The molecule has 2 aromatic rings. The SMILES string of the molecule is Cc1ccc(S(=O)(=O)N2CCNCC2)cc1.O=C(c1ccccc1)N1CCNCC1. The van der Waals surface area contributed by atoms with Crippen LogP contribution in [-0.4, -0.2) is 75.9 Å². The molecule has 0 saturated carbocycles. The van der Waals surface area contributed by atoms with Crippen LogP contribution in [-0.2, 0) is 10.0 Å². The maximum atomic E-state index is 12.2. The second kappa shape index (κ2) is 10.7. The van der Waals surface area contributed by atoms with Crippen LogP contribution >= 0.6 is 0 Å². The topological polar surface area (TPSA) is 81.8 Å². The van der Waals surface area contributed by atoms with Gasteiger partial charge in [0, 0.05) is 57.9 Å². The first kappa shape index (κ1) is 22.4. The highest BCUT2D eigenvalue weighted by Gasteiger charge is 2.25. The molecule has 2 aromatic carbocycles. The second-order valence-corrected chi connectivity index (χ2v) is 9.31. The number of amides is 1. The maximum Gasteiger partial charge on any atom is 0.253 e. The number of piperazine rings is 2. The van der Waals surface area contributed by atoms with Gasteiger partial charge in [-0.1, -0.05) is 35.9 Å². The van der Waals surface area contributed by atoms with Crippen molar-refractivity contribution in [3.05, 3.63) is 65.7 Å². The number of aryl methyl sites for hydroxylation is 1. The molecule has 0 bridgehead atoms. The van der Waals surface area contributed by atoms with Crippen LogP contribution in [0.15, 0.2) is 59.5 Å². The zero-order valence-electron chi connectivity index (χ0n) is 17.4. The molecular weight excluding hydrogens is 400 g/mol. The van der Waals surface area contributed by atoms with E-state index in [2.05, 4.69) is 10.6 Å². The molecule has 2 aliphatic heterocycles. The molecule has 2 saturated heterocycles. The van der Waals surface area contributed by atoms with E-state index < -0.39 is 10.0 Å². The lowest BCUT2D eigenvalue weighted by Crippen LogP contribution is -2.46. The number of benzene rings is 2. The number of hydrogen-bond acceptors (Lipinski definition) is 5. The Morgan fingerprint density at radius 3 is 1.90 bits per heavy atom. The molecule has 1 amide bonds. The van der Waals surface area contributed by atoms with Crippen molar-refractivity contribution < 1.29 is 13.2 Å². The molecule has 30 heavy (non-hydrogen) atoms. The lowest BCUT2D eigenvalue weighted by atomic mass is 10.2. The number of nitrogens with one attached hydrogen (secondary N) is 2. The van der Waals surface area contributed by atoms with E-state index in [0.717, 1.165) is 50.4 Å². The third kappa shape index (κ3) is 5.89. The number of nitrogens with zero attached hydrogens (tertiary/aromatic N) is 2. The molecule has 0 aliphatic carbocycles. The second-order valence-electron chi connectivity index (χ2n) is 7.38. The van der Waals surface area contributed by atoms with Crippen molar-refractivity contribution in [2.75, 3.05) is 52.4 Å². The highest BCUT2D eigenvalue weighted by molar-refractivity contribution is 7.89. The molecule has 0 unspecified atom stereocenters. The van der Waals surface area contributed by atoms with Crippen molar-refractivity contribution in [1.29, 1.82) is 0 Å². The molecule has 2 heterocycles. The first-order valence-corrected chi connectivity index (χ1v) is 11.7. The number of carbonyl (C=O) groups excluding carboxylic acids is 1. The predicted molar refractivity (Wildman–Crippen MR) is 118 cm³/mol. The van der Waals surface area contributed by atoms with Gasteiger partial charge in [-0.2, -0.15) is 4.31 Å². The summed E-state index contributed by atoms with van der Waals surface area (Å²) in [6, 6.07) is 16.5. The molecule has 8 heteroatoms. The fraction of sp³-hybridized carbons (Fsp3) is 0.409. The van der Waals surface area contributed by atoms with E-state index >= 15 is 0 Å². The van der Waals surface area contributed by atoms with Gasteiger partial charge in [0.1, 0.15) is 0 Å². The molecule has 162 valence electrons. The lowest BCUT2D eigenvalue weighted by molar-refractivity contribution is 0.0736. The van der Waals surface area contributed by atoms with Gasteiger partial charge in [-0.15, -0.1) is 0 Å². The zero-order valence-corrected chi connectivity index (χ0v) is 18.2. The minimum Gasteiger partial charge on any atom is -0.336 e. The van der Waals surface area contributed by atoms with E-state index in [9.17, 15) is 13.2 Å². The maximum absolute atomic E-state index is 12.2. The largest absolute Gasteiger partial charge is 0.336 e. The van der Waals surface area contributed by atoms with Gasteiger partial charge in [0.15, 0.2) is 0 Å². The molecule has 2 fully saturated rings. The van der Waals surface area contributed by atoms with Gasteiger partial charge in [0.05, 0.1) is 4.90 Å². The van der Waals surface area contributed by atoms with Crippen LogP contribution < -0.4 is 10.6 Å². The number of hydrogen-bond donors (Lipinski definition) is 2. The van der Waals surface area contributed by atoms with Crippen molar-refractivity contribution in [1.82, 2.24) is 19.8 Å². The summed E-state index contributed by atoms with van der Waals surface area (Å²) in [7, 11) is -3.29. The number of sulfonamides is 1. The van der Waals surface area contributed by atoms with Crippen molar-refractivity contribution in [3.8, 4) is 0 Å². The summed E-state index contributed by atoms with van der Waals surface area (Å²) >= 11 is 0. The summed E-state index contributed by atoms with van der Waals surface area (Å²) in [6.45, 7) is 7.93. The first-order valence-electron chi connectivity index (χ1n) is 10.3.